The van der Waals surface area contributed by atoms with Gasteiger partial charge in [-0.25, -0.2) is 4.98 Å². The molecule has 1 N–H and O–H groups in total. The Hall–Kier alpha value is -2.28. The molecule has 208 valence electrons. The number of hydrogen-bond acceptors (Lipinski definition) is 4. The highest BCUT2D eigenvalue weighted by atomic mass is 35.5. The predicted octanol–water partition coefficient (Wildman–Crippen LogP) is 9.01. The van der Waals surface area contributed by atoms with Crippen LogP contribution in [0.1, 0.15) is 85.3 Å². The molecule has 1 aromatic carbocycles. The first-order valence-corrected chi connectivity index (χ1v) is 15.8. The highest BCUT2D eigenvalue weighted by Crippen LogP contribution is 2.32. The lowest BCUT2D eigenvalue weighted by molar-refractivity contribution is 0.0953. The van der Waals surface area contributed by atoms with Crippen LogP contribution in [0, 0.1) is 12.8 Å². The average molecular weight is 587 g/mol. The van der Waals surface area contributed by atoms with Gasteiger partial charge in [0.25, 0.3) is 5.91 Å². The van der Waals surface area contributed by atoms with Crippen molar-refractivity contribution in [3.8, 4) is 17.1 Å². The van der Waals surface area contributed by atoms with Crippen molar-refractivity contribution in [1.29, 1.82) is 0 Å². The van der Waals surface area contributed by atoms with E-state index in [4.69, 9.17) is 32.9 Å². The van der Waals surface area contributed by atoms with Gasteiger partial charge in [0, 0.05) is 34.2 Å². The Morgan fingerprint density at radius 3 is 2.64 bits per heavy atom. The summed E-state index contributed by atoms with van der Waals surface area (Å²) in [6, 6.07) is 7.21. The van der Waals surface area contributed by atoms with Crippen LogP contribution in [-0.2, 0) is 13.2 Å². The molecule has 8 heteroatoms. The smallest absolute Gasteiger partial charge is 0.253 e. The molecule has 2 aliphatic rings. The number of nitrogens with one attached hydrogen (secondary N) is 1. The molecule has 1 saturated carbocycles. The van der Waals surface area contributed by atoms with Gasteiger partial charge in [-0.15, -0.1) is 11.3 Å². The lowest BCUT2D eigenvalue weighted by atomic mass is 9.89. The van der Waals surface area contributed by atoms with E-state index in [1.54, 1.807) is 29.5 Å². The predicted molar refractivity (Wildman–Crippen MR) is 161 cm³/mol. The van der Waals surface area contributed by atoms with Gasteiger partial charge < -0.3 is 14.6 Å². The molecular formula is C31H37Cl2N3O2S. The second-order valence-electron chi connectivity index (χ2n) is 10.8. The first-order valence-electron chi connectivity index (χ1n) is 14.2. The van der Waals surface area contributed by atoms with Crippen LogP contribution in [0.25, 0.3) is 11.4 Å². The number of rotatable bonds is 10. The standard InChI is InChI=1S/C31H37Cl2N3O2S/c1-21-27(31(37)34-13-12-22-8-4-2-5-9-22)17-29(36(21)18-23-10-6-3-7-11-23)28-20-39-30(35-28)19-38-26-15-24(32)14-25(33)16-26/h8,14-17,20,23H,2-7,9-13,18-19H2,1H3,(H,34,37). The third-order valence-corrected chi connectivity index (χ3v) is 9.16. The average Bonchev–Trinajstić information content (AvgIpc) is 3.53. The molecule has 0 atom stereocenters. The fraction of sp³-hybridized carbons (Fsp3) is 0.484. The number of carbonyl (C=O) groups is 1. The van der Waals surface area contributed by atoms with Gasteiger partial charge >= 0.3 is 0 Å². The highest BCUT2D eigenvalue weighted by molar-refractivity contribution is 7.09. The third kappa shape index (κ3) is 7.47. The van der Waals surface area contributed by atoms with E-state index in [1.165, 1.54) is 56.9 Å². The minimum absolute atomic E-state index is 0.00387. The van der Waals surface area contributed by atoms with Crippen molar-refractivity contribution in [2.75, 3.05) is 6.54 Å². The number of amides is 1. The molecule has 3 aromatic rings. The van der Waals surface area contributed by atoms with Gasteiger partial charge in [-0.3, -0.25) is 4.79 Å². The zero-order chi connectivity index (χ0) is 27.2. The van der Waals surface area contributed by atoms with E-state index in [-0.39, 0.29) is 5.91 Å². The minimum Gasteiger partial charge on any atom is -0.486 e. The van der Waals surface area contributed by atoms with E-state index in [0.717, 1.165) is 47.0 Å². The van der Waals surface area contributed by atoms with Gasteiger partial charge in [-0.1, -0.05) is 54.1 Å². The zero-order valence-electron chi connectivity index (χ0n) is 22.6. The van der Waals surface area contributed by atoms with Gasteiger partial charge in [0.05, 0.1) is 17.0 Å². The van der Waals surface area contributed by atoms with Crippen LogP contribution >= 0.6 is 34.5 Å². The van der Waals surface area contributed by atoms with Gasteiger partial charge in [-0.2, -0.15) is 0 Å². The number of thiazole rings is 1. The summed E-state index contributed by atoms with van der Waals surface area (Å²) in [5, 5.41) is 7.18. The molecule has 2 heterocycles. The quantitative estimate of drug-likeness (QED) is 0.241. The summed E-state index contributed by atoms with van der Waals surface area (Å²) in [5.41, 5.74) is 5.13. The fourth-order valence-corrected chi connectivity index (χ4v) is 6.97. The Balaban J connectivity index is 1.33. The summed E-state index contributed by atoms with van der Waals surface area (Å²) in [7, 11) is 0. The van der Waals surface area contributed by atoms with Crippen molar-refractivity contribution in [1.82, 2.24) is 14.9 Å². The molecule has 1 fully saturated rings. The molecule has 0 saturated heterocycles. The number of allylic oxidation sites excluding steroid dienone is 1. The van der Waals surface area contributed by atoms with Crippen molar-refractivity contribution >= 4 is 40.4 Å². The molecule has 2 aliphatic carbocycles. The van der Waals surface area contributed by atoms with Crippen LogP contribution in [0.5, 0.6) is 5.75 Å². The summed E-state index contributed by atoms with van der Waals surface area (Å²) in [6.45, 7) is 4.00. The van der Waals surface area contributed by atoms with Crippen molar-refractivity contribution in [2.24, 2.45) is 5.92 Å². The summed E-state index contributed by atoms with van der Waals surface area (Å²) in [6.07, 6.45) is 14.6. The van der Waals surface area contributed by atoms with E-state index in [1.807, 2.05) is 6.07 Å². The molecule has 0 unspecified atom stereocenters. The van der Waals surface area contributed by atoms with Crippen LogP contribution in [0.3, 0.4) is 0 Å². The number of carbonyl (C=O) groups excluding carboxylic acids is 1. The fourth-order valence-electron chi connectivity index (χ4n) is 5.77. The number of benzene rings is 1. The number of ether oxygens (including phenoxy) is 1. The van der Waals surface area contributed by atoms with Crippen LogP contribution < -0.4 is 10.1 Å². The first-order chi connectivity index (χ1) is 19.0. The lowest BCUT2D eigenvalue weighted by Gasteiger charge is -2.24. The summed E-state index contributed by atoms with van der Waals surface area (Å²) in [5.74, 6) is 1.25. The Labute approximate surface area is 245 Å². The number of nitrogens with zero attached hydrogens (tertiary/aromatic N) is 2. The topological polar surface area (TPSA) is 56.1 Å². The highest BCUT2D eigenvalue weighted by Gasteiger charge is 2.23. The molecule has 0 spiro atoms. The number of aromatic nitrogens is 2. The SMILES string of the molecule is Cc1c(C(=O)NCCC2=CCCCC2)cc(-c2csc(COc3cc(Cl)cc(Cl)c3)n2)n1CC1CCCCC1. The molecule has 0 bridgehead atoms. The van der Waals surface area contributed by atoms with Crippen LogP contribution in [0.2, 0.25) is 10.0 Å². The largest absolute Gasteiger partial charge is 0.486 e. The maximum Gasteiger partial charge on any atom is 0.253 e. The molecule has 5 nitrogen and oxygen atoms in total. The maximum absolute atomic E-state index is 13.3. The van der Waals surface area contributed by atoms with E-state index >= 15 is 0 Å². The Kier molecular flexibility index (Phi) is 9.70. The number of hydrogen-bond donors (Lipinski definition) is 1. The maximum atomic E-state index is 13.3. The van der Waals surface area contributed by atoms with Crippen LogP contribution in [0.4, 0.5) is 0 Å². The normalized spacial score (nSPS) is 16.2. The molecule has 5 rings (SSSR count). The second kappa shape index (κ2) is 13.4. The Morgan fingerprint density at radius 1 is 1.10 bits per heavy atom. The van der Waals surface area contributed by atoms with Crippen molar-refractivity contribution in [3.05, 3.63) is 67.6 Å². The van der Waals surface area contributed by atoms with E-state index in [9.17, 15) is 4.79 Å². The number of halogens is 2. The van der Waals surface area contributed by atoms with Gasteiger partial charge in [-0.05, 0) is 82.1 Å². The Morgan fingerprint density at radius 2 is 1.90 bits per heavy atom. The molecule has 2 aromatic heterocycles. The molecule has 1 amide bonds. The molecule has 0 aliphatic heterocycles. The van der Waals surface area contributed by atoms with Gasteiger partial charge in [0.15, 0.2) is 0 Å². The van der Waals surface area contributed by atoms with Crippen molar-refractivity contribution in [2.45, 2.75) is 84.3 Å². The molecular weight excluding hydrogens is 549 g/mol. The van der Waals surface area contributed by atoms with Gasteiger partial charge in [0.1, 0.15) is 17.4 Å². The molecule has 0 radical (unpaired) electrons. The lowest BCUT2D eigenvalue weighted by Crippen LogP contribution is -2.25. The van der Waals surface area contributed by atoms with E-state index in [0.29, 0.717) is 34.9 Å². The van der Waals surface area contributed by atoms with Crippen LogP contribution in [0.15, 0.2) is 41.3 Å². The summed E-state index contributed by atoms with van der Waals surface area (Å²) < 4.78 is 8.24. The Bertz CT molecular complexity index is 1300. The van der Waals surface area contributed by atoms with Gasteiger partial charge in [0.2, 0.25) is 0 Å². The van der Waals surface area contributed by atoms with Crippen LogP contribution in [-0.4, -0.2) is 22.0 Å². The van der Waals surface area contributed by atoms with E-state index in [2.05, 4.69) is 28.3 Å². The molecule has 39 heavy (non-hydrogen) atoms. The third-order valence-electron chi connectivity index (χ3n) is 7.91. The van der Waals surface area contributed by atoms with Crippen molar-refractivity contribution in [3.63, 3.8) is 0 Å². The summed E-state index contributed by atoms with van der Waals surface area (Å²) in [4.78, 5) is 18.2. The first kappa shape index (κ1) is 28.3. The minimum atomic E-state index is 0.00387. The van der Waals surface area contributed by atoms with E-state index < -0.39 is 0 Å². The zero-order valence-corrected chi connectivity index (χ0v) is 24.9. The second-order valence-corrected chi connectivity index (χ2v) is 12.6. The monoisotopic (exact) mass is 585 g/mol. The summed E-state index contributed by atoms with van der Waals surface area (Å²) >= 11 is 13.8. The van der Waals surface area contributed by atoms with Crippen molar-refractivity contribution < 1.29 is 9.53 Å².